The van der Waals surface area contributed by atoms with Gasteiger partial charge in [0.25, 0.3) is 0 Å². The van der Waals surface area contributed by atoms with E-state index in [0.717, 1.165) is 31.0 Å². The van der Waals surface area contributed by atoms with Gasteiger partial charge in [0.15, 0.2) is 0 Å². The highest BCUT2D eigenvalue weighted by atomic mass is 32.1. The van der Waals surface area contributed by atoms with E-state index in [0.29, 0.717) is 24.1 Å². The minimum Gasteiger partial charge on any atom is -0.365 e. The molecule has 1 fully saturated rings. The zero-order valence-corrected chi connectivity index (χ0v) is 15.1. The van der Waals surface area contributed by atoms with E-state index in [4.69, 9.17) is 0 Å². The topological polar surface area (TPSA) is 79.2 Å². The number of anilines is 2. The molecule has 3 heterocycles. The first kappa shape index (κ1) is 16.7. The van der Waals surface area contributed by atoms with Crippen molar-refractivity contribution in [3.63, 3.8) is 0 Å². The second kappa shape index (κ2) is 7.16. The number of carbonyl (C=O) groups is 1. The lowest BCUT2D eigenvalue weighted by Crippen LogP contribution is -2.50. The zero-order valence-electron chi connectivity index (χ0n) is 14.3. The molecule has 2 aromatic rings. The molecule has 1 saturated heterocycles. The summed E-state index contributed by atoms with van der Waals surface area (Å²) in [6, 6.07) is -0.104. The lowest BCUT2D eigenvalue weighted by molar-refractivity contribution is 0.208. The van der Waals surface area contributed by atoms with Crippen molar-refractivity contribution < 1.29 is 4.79 Å². The monoisotopic (exact) mass is 349 g/mol. The maximum atomic E-state index is 12.4. The maximum Gasteiger partial charge on any atom is 0.323 e. The smallest absolute Gasteiger partial charge is 0.323 e. The van der Waals surface area contributed by atoms with E-state index in [2.05, 4.69) is 38.5 Å². The molecule has 1 aliphatic rings. The first-order valence-corrected chi connectivity index (χ1v) is 8.90. The Kier molecular flexibility index (Phi) is 4.98. The third-order valence-electron chi connectivity index (χ3n) is 3.90. The second-order valence-electron chi connectivity index (χ2n) is 6.39. The van der Waals surface area contributed by atoms with Gasteiger partial charge in [-0.25, -0.2) is 9.78 Å². The average Bonchev–Trinajstić information content (AvgIpc) is 3.16. The molecule has 2 aromatic heterocycles. The summed E-state index contributed by atoms with van der Waals surface area (Å²) in [6.07, 6.45) is 4.68. The van der Waals surface area contributed by atoms with Gasteiger partial charge in [-0.05, 0) is 5.92 Å². The van der Waals surface area contributed by atoms with Crippen LogP contribution < -0.4 is 10.2 Å². The van der Waals surface area contributed by atoms with Crippen molar-refractivity contribution in [2.45, 2.75) is 20.3 Å². The van der Waals surface area contributed by atoms with Gasteiger partial charge in [-0.2, -0.15) is 9.47 Å². The fourth-order valence-electron chi connectivity index (χ4n) is 2.66. The Morgan fingerprint density at radius 1 is 1.33 bits per heavy atom. The van der Waals surface area contributed by atoms with E-state index in [9.17, 15) is 4.79 Å². The van der Waals surface area contributed by atoms with Crippen LogP contribution in [0.3, 0.4) is 0 Å². The zero-order chi connectivity index (χ0) is 17.1. The first-order chi connectivity index (χ1) is 11.5. The molecular weight excluding hydrogens is 326 g/mol. The van der Waals surface area contributed by atoms with Gasteiger partial charge in [-0.15, -0.1) is 0 Å². The molecule has 1 aliphatic heterocycles. The average molecular weight is 349 g/mol. The number of carbonyl (C=O) groups excluding carboxylic acids is 1. The van der Waals surface area contributed by atoms with E-state index >= 15 is 0 Å². The molecule has 0 bridgehead atoms. The summed E-state index contributed by atoms with van der Waals surface area (Å²) in [5, 5.41) is 7.63. The number of urea groups is 1. The summed E-state index contributed by atoms with van der Waals surface area (Å²) in [4.78, 5) is 20.8. The largest absolute Gasteiger partial charge is 0.365 e. The number of hydrogen-bond acceptors (Lipinski definition) is 6. The Morgan fingerprint density at radius 2 is 2.08 bits per heavy atom. The number of aromatic nitrogens is 4. The normalized spacial score (nSPS) is 15.2. The third-order valence-corrected chi connectivity index (χ3v) is 4.56. The van der Waals surface area contributed by atoms with Crippen LogP contribution in [0.25, 0.3) is 0 Å². The van der Waals surface area contributed by atoms with Crippen molar-refractivity contribution in [3.8, 4) is 0 Å². The molecule has 24 heavy (non-hydrogen) atoms. The van der Waals surface area contributed by atoms with Crippen LogP contribution in [0.2, 0.25) is 0 Å². The van der Waals surface area contributed by atoms with E-state index in [1.54, 1.807) is 4.68 Å². The van der Waals surface area contributed by atoms with Gasteiger partial charge >= 0.3 is 6.03 Å². The number of hydrogen-bond donors (Lipinski definition) is 1. The molecule has 3 rings (SSSR count). The summed E-state index contributed by atoms with van der Waals surface area (Å²) in [5.74, 6) is 1.30. The van der Waals surface area contributed by atoms with Gasteiger partial charge in [-0.3, -0.25) is 10.00 Å². The molecule has 0 aliphatic carbocycles. The Labute approximate surface area is 145 Å². The molecule has 0 atom stereocenters. The van der Waals surface area contributed by atoms with Crippen LogP contribution in [-0.4, -0.2) is 56.2 Å². The Morgan fingerprint density at radius 3 is 2.71 bits per heavy atom. The van der Waals surface area contributed by atoms with E-state index in [1.807, 2.05) is 24.3 Å². The van der Waals surface area contributed by atoms with Gasteiger partial charge in [0.2, 0.25) is 5.13 Å². The van der Waals surface area contributed by atoms with Crippen molar-refractivity contribution in [3.05, 3.63) is 18.2 Å². The van der Waals surface area contributed by atoms with Crippen LogP contribution in [-0.2, 0) is 13.5 Å². The quantitative estimate of drug-likeness (QED) is 0.911. The predicted octanol–water partition coefficient (Wildman–Crippen LogP) is 1.82. The predicted molar refractivity (Wildman–Crippen MR) is 94.5 cm³/mol. The second-order valence-corrected chi connectivity index (χ2v) is 7.14. The molecule has 0 saturated carbocycles. The highest BCUT2D eigenvalue weighted by Gasteiger charge is 2.22. The van der Waals surface area contributed by atoms with Crippen molar-refractivity contribution in [1.29, 1.82) is 0 Å². The van der Waals surface area contributed by atoms with Crippen LogP contribution in [0, 0.1) is 5.92 Å². The van der Waals surface area contributed by atoms with Crippen LogP contribution in [0.15, 0.2) is 12.4 Å². The molecular formula is C15H23N7OS. The van der Waals surface area contributed by atoms with E-state index in [-0.39, 0.29) is 6.03 Å². The molecule has 0 unspecified atom stereocenters. The number of aryl methyl sites for hydroxylation is 1. The SMILES string of the molecule is CC(C)Cc1nsc(NC(=O)N2CCN(c3cnn(C)c3)CC2)n1. The maximum absolute atomic E-state index is 12.4. The molecule has 130 valence electrons. The van der Waals surface area contributed by atoms with Crippen LogP contribution in [0.5, 0.6) is 0 Å². The highest BCUT2D eigenvalue weighted by Crippen LogP contribution is 2.17. The van der Waals surface area contributed by atoms with E-state index in [1.165, 1.54) is 11.5 Å². The summed E-state index contributed by atoms with van der Waals surface area (Å²) in [7, 11) is 1.91. The fourth-order valence-corrected chi connectivity index (χ4v) is 3.25. The van der Waals surface area contributed by atoms with Gasteiger partial charge in [-0.1, -0.05) is 13.8 Å². The van der Waals surface area contributed by atoms with Crippen molar-refractivity contribution in [2.75, 3.05) is 36.4 Å². The minimum absolute atomic E-state index is 0.104. The Hall–Kier alpha value is -2.16. The Balaban J connectivity index is 1.51. The van der Waals surface area contributed by atoms with Gasteiger partial charge in [0, 0.05) is 57.4 Å². The van der Waals surface area contributed by atoms with Gasteiger partial charge < -0.3 is 9.80 Å². The molecule has 1 N–H and O–H groups in total. The molecule has 2 amide bonds. The first-order valence-electron chi connectivity index (χ1n) is 8.13. The molecule has 0 aromatic carbocycles. The van der Waals surface area contributed by atoms with E-state index < -0.39 is 0 Å². The number of nitrogens with one attached hydrogen (secondary N) is 1. The van der Waals surface area contributed by atoms with Gasteiger partial charge in [0.05, 0.1) is 11.9 Å². The molecule has 0 radical (unpaired) electrons. The molecule has 0 spiro atoms. The van der Waals surface area contributed by atoms with Gasteiger partial charge in [0.1, 0.15) is 5.82 Å². The van der Waals surface area contributed by atoms with Crippen LogP contribution in [0.4, 0.5) is 15.6 Å². The summed E-state index contributed by atoms with van der Waals surface area (Å²) >= 11 is 1.24. The lowest BCUT2D eigenvalue weighted by atomic mass is 10.1. The van der Waals surface area contributed by atoms with Crippen molar-refractivity contribution in [1.82, 2.24) is 24.0 Å². The van der Waals surface area contributed by atoms with Crippen molar-refractivity contribution in [2.24, 2.45) is 13.0 Å². The summed E-state index contributed by atoms with van der Waals surface area (Å²) in [5.41, 5.74) is 1.10. The number of amides is 2. The summed E-state index contributed by atoms with van der Waals surface area (Å²) < 4.78 is 6.08. The number of piperazine rings is 1. The lowest BCUT2D eigenvalue weighted by Gasteiger charge is -2.35. The van der Waals surface area contributed by atoms with Crippen LogP contribution >= 0.6 is 11.5 Å². The third kappa shape index (κ3) is 4.02. The standard InChI is InChI=1S/C15H23N7OS/c1-11(2)8-13-17-14(24-19-13)18-15(23)22-6-4-21(5-7-22)12-9-16-20(3)10-12/h9-11H,4-8H2,1-3H3,(H,17,18,19,23). The molecule has 9 heteroatoms. The fraction of sp³-hybridized carbons (Fsp3) is 0.600. The van der Waals surface area contributed by atoms with Crippen molar-refractivity contribution >= 4 is 28.4 Å². The van der Waals surface area contributed by atoms with Crippen LogP contribution in [0.1, 0.15) is 19.7 Å². The summed E-state index contributed by atoms with van der Waals surface area (Å²) in [6.45, 7) is 7.21. The number of rotatable bonds is 4. The number of nitrogens with zero attached hydrogens (tertiary/aromatic N) is 6. The minimum atomic E-state index is -0.104. The highest BCUT2D eigenvalue weighted by molar-refractivity contribution is 7.09. The molecule has 8 nitrogen and oxygen atoms in total. The Bertz CT molecular complexity index is 688.